The quantitative estimate of drug-likeness (QED) is 0.845. The molecule has 1 aromatic carbocycles. The molecule has 1 atom stereocenters. The average Bonchev–Trinajstić information content (AvgIpc) is 2.90. The molecule has 0 radical (unpaired) electrons. The van der Waals surface area contributed by atoms with Crippen LogP contribution in [0.5, 0.6) is 5.75 Å². The molecule has 5 nitrogen and oxygen atoms in total. The number of nitrogens with two attached hydrogens (primary N) is 1. The highest BCUT2D eigenvalue weighted by Gasteiger charge is 2.45. The van der Waals surface area contributed by atoms with Crippen molar-refractivity contribution in [2.45, 2.75) is 65.1 Å². The first-order valence-corrected chi connectivity index (χ1v) is 9.66. The van der Waals surface area contributed by atoms with Crippen molar-refractivity contribution < 1.29 is 9.84 Å². The topological polar surface area (TPSA) is 80.2 Å². The molecule has 3 rings (SSSR count). The van der Waals surface area contributed by atoms with Gasteiger partial charge in [0, 0.05) is 11.5 Å². The third-order valence-corrected chi connectivity index (χ3v) is 5.45. The Labute approximate surface area is 156 Å². The molecule has 0 amide bonds. The van der Waals surface area contributed by atoms with E-state index in [2.05, 4.69) is 32.9 Å². The molecule has 0 saturated heterocycles. The van der Waals surface area contributed by atoms with Crippen LogP contribution in [-0.4, -0.2) is 29.4 Å². The van der Waals surface area contributed by atoms with Crippen molar-refractivity contribution in [3.8, 4) is 5.75 Å². The van der Waals surface area contributed by atoms with Crippen molar-refractivity contribution in [2.24, 2.45) is 27.6 Å². The molecular formula is C21H31N3O2. The second kappa shape index (κ2) is 7.39. The van der Waals surface area contributed by atoms with Gasteiger partial charge in [-0.3, -0.25) is 4.99 Å². The van der Waals surface area contributed by atoms with Crippen LogP contribution in [0.25, 0.3) is 0 Å². The molecule has 1 aliphatic heterocycles. The lowest BCUT2D eigenvalue weighted by molar-refractivity contribution is 0.0844. The summed E-state index contributed by atoms with van der Waals surface area (Å²) in [5.74, 6) is 2.07. The summed E-state index contributed by atoms with van der Waals surface area (Å²) in [6, 6.07) is 6.18. The monoisotopic (exact) mass is 357 g/mol. The van der Waals surface area contributed by atoms with Crippen molar-refractivity contribution >= 4 is 11.5 Å². The first-order chi connectivity index (χ1) is 12.3. The smallest absolute Gasteiger partial charge is 0.181 e. The van der Waals surface area contributed by atoms with Crippen LogP contribution in [0.4, 0.5) is 0 Å². The SMILES string of the molecule is CC1=NC(c2cc(OCC(C)C)ccc2C)(C2CCC(O)CC2)N=C1N. The van der Waals surface area contributed by atoms with Crippen molar-refractivity contribution in [1.82, 2.24) is 0 Å². The summed E-state index contributed by atoms with van der Waals surface area (Å²) in [5, 5.41) is 9.93. The van der Waals surface area contributed by atoms with Crippen LogP contribution in [0.3, 0.4) is 0 Å². The fourth-order valence-electron chi connectivity index (χ4n) is 3.95. The van der Waals surface area contributed by atoms with Crippen molar-refractivity contribution in [2.75, 3.05) is 6.61 Å². The minimum absolute atomic E-state index is 0.210. The summed E-state index contributed by atoms with van der Waals surface area (Å²) in [6.45, 7) is 8.97. The van der Waals surface area contributed by atoms with Gasteiger partial charge in [0.05, 0.1) is 18.4 Å². The van der Waals surface area contributed by atoms with Crippen molar-refractivity contribution in [1.29, 1.82) is 0 Å². The minimum atomic E-state index is -0.685. The molecule has 0 aromatic heterocycles. The van der Waals surface area contributed by atoms with Gasteiger partial charge in [-0.15, -0.1) is 0 Å². The zero-order valence-electron chi connectivity index (χ0n) is 16.3. The van der Waals surface area contributed by atoms with Crippen LogP contribution in [0.15, 0.2) is 28.2 Å². The molecule has 26 heavy (non-hydrogen) atoms. The fourth-order valence-corrected chi connectivity index (χ4v) is 3.95. The van der Waals surface area contributed by atoms with Gasteiger partial charge in [-0.2, -0.15) is 0 Å². The molecule has 3 N–H and O–H groups in total. The minimum Gasteiger partial charge on any atom is -0.493 e. The van der Waals surface area contributed by atoms with Crippen LogP contribution in [-0.2, 0) is 5.66 Å². The molecule has 1 saturated carbocycles. The second-order valence-corrected chi connectivity index (χ2v) is 8.11. The number of hydrogen-bond acceptors (Lipinski definition) is 5. The van der Waals surface area contributed by atoms with Crippen LogP contribution in [0, 0.1) is 18.8 Å². The van der Waals surface area contributed by atoms with Gasteiger partial charge in [-0.05, 0) is 63.1 Å². The Bertz CT molecular complexity index is 698. The first kappa shape index (κ1) is 18.9. The second-order valence-electron chi connectivity index (χ2n) is 8.11. The van der Waals surface area contributed by atoms with Crippen LogP contribution in [0.1, 0.15) is 57.6 Å². The van der Waals surface area contributed by atoms with Crippen LogP contribution >= 0.6 is 0 Å². The van der Waals surface area contributed by atoms with E-state index in [-0.39, 0.29) is 12.0 Å². The maximum Gasteiger partial charge on any atom is 0.181 e. The highest BCUT2D eigenvalue weighted by atomic mass is 16.5. The number of nitrogens with zero attached hydrogens (tertiary/aromatic N) is 2. The third kappa shape index (κ3) is 3.63. The first-order valence-electron chi connectivity index (χ1n) is 9.66. The van der Waals surface area contributed by atoms with Gasteiger partial charge >= 0.3 is 0 Å². The Morgan fingerprint density at radius 1 is 1.19 bits per heavy atom. The predicted octanol–water partition coefficient (Wildman–Crippen LogP) is 3.57. The molecule has 0 bridgehead atoms. The lowest BCUT2D eigenvalue weighted by Gasteiger charge is -2.37. The van der Waals surface area contributed by atoms with E-state index in [1.54, 1.807) is 0 Å². The van der Waals surface area contributed by atoms with Gasteiger partial charge in [0.2, 0.25) is 0 Å². The number of ether oxygens (including phenoxy) is 1. The standard InChI is InChI=1S/C21H31N3O2/c1-13(2)12-26-18-10-5-14(3)19(11-18)21(23-15(4)20(22)24-21)16-6-8-17(25)9-7-16/h5,10-11,13,16-17,25H,6-9,12H2,1-4H3,(H2,22,24). The van der Waals surface area contributed by atoms with E-state index in [4.69, 9.17) is 20.5 Å². The van der Waals surface area contributed by atoms with E-state index in [0.717, 1.165) is 48.3 Å². The molecule has 1 fully saturated rings. The molecule has 1 unspecified atom stereocenters. The molecule has 1 heterocycles. The van der Waals surface area contributed by atoms with Crippen LogP contribution in [0.2, 0.25) is 0 Å². The summed E-state index contributed by atoms with van der Waals surface area (Å²) < 4.78 is 5.96. The molecule has 142 valence electrons. The molecule has 5 heteroatoms. The van der Waals surface area contributed by atoms with Gasteiger partial charge in [-0.25, -0.2) is 4.99 Å². The summed E-state index contributed by atoms with van der Waals surface area (Å²) in [6.07, 6.45) is 3.16. The van der Waals surface area contributed by atoms with Crippen LogP contribution < -0.4 is 10.5 Å². The highest BCUT2D eigenvalue weighted by Crippen LogP contribution is 2.47. The number of aliphatic hydroxyl groups is 1. The Morgan fingerprint density at radius 3 is 2.46 bits per heavy atom. The molecule has 1 aliphatic carbocycles. The fraction of sp³-hybridized carbons (Fsp3) is 0.619. The molecule has 1 aromatic rings. The lowest BCUT2D eigenvalue weighted by atomic mass is 9.75. The largest absolute Gasteiger partial charge is 0.493 e. The number of benzene rings is 1. The number of hydrogen-bond donors (Lipinski definition) is 2. The zero-order chi connectivity index (χ0) is 18.9. The van der Waals surface area contributed by atoms with E-state index in [1.807, 2.05) is 13.0 Å². The van der Waals surface area contributed by atoms with Gasteiger partial charge in [0.15, 0.2) is 5.66 Å². The van der Waals surface area contributed by atoms with Gasteiger partial charge in [-0.1, -0.05) is 19.9 Å². The van der Waals surface area contributed by atoms with Crippen molar-refractivity contribution in [3.05, 3.63) is 29.3 Å². The number of aliphatic imine (C=N–C) groups is 2. The van der Waals surface area contributed by atoms with Gasteiger partial charge in [0.25, 0.3) is 0 Å². The van der Waals surface area contributed by atoms with E-state index in [1.165, 1.54) is 0 Å². The van der Waals surface area contributed by atoms with E-state index >= 15 is 0 Å². The van der Waals surface area contributed by atoms with E-state index in [9.17, 15) is 5.11 Å². The number of aliphatic hydroxyl groups excluding tert-OH is 1. The Morgan fingerprint density at radius 2 is 1.88 bits per heavy atom. The van der Waals surface area contributed by atoms with Gasteiger partial charge in [0.1, 0.15) is 11.6 Å². The Hall–Kier alpha value is -1.88. The van der Waals surface area contributed by atoms with Gasteiger partial charge < -0.3 is 15.6 Å². The molecule has 2 aliphatic rings. The zero-order valence-corrected chi connectivity index (χ0v) is 16.3. The lowest BCUT2D eigenvalue weighted by Crippen LogP contribution is -2.35. The summed E-state index contributed by atoms with van der Waals surface area (Å²) >= 11 is 0. The summed E-state index contributed by atoms with van der Waals surface area (Å²) in [4.78, 5) is 9.84. The molecular weight excluding hydrogens is 326 g/mol. The normalized spacial score (nSPS) is 28.8. The van der Waals surface area contributed by atoms with E-state index < -0.39 is 5.66 Å². The average molecular weight is 357 g/mol. The number of rotatable bonds is 5. The highest BCUT2D eigenvalue weighted by molar-refractivity contribution is 6.41. The summed E-state index contributed by atoms with van der Waals surface area (Å²) in [5.41, 5.74) is 8.47. The third-order valence-electron chi connectivity index (χ3n) is 5.45. The molecule has 0 spiro atoms. The number of amidine groups is 1. The number of aryl methyl sites for hydroxylation is 1. The summed E-state index contributed by atoms with van der Waals surface area (Å²) in [7, 11) is 0. The maximum absolute atomic E-state index is 9.93. The Kier molecular flexibility index (Phi) is 5.37. The van der Waals surface area contributed by atoms with Crippen molar-refractivity contribution in [3.63, 3.8) is 0 Å². The Balaban J connectivity index is 2.02. The predicted molar refractivity (Wildman–Crippen MR) is 106 cm³/mol. The maximum atomic E-state index is 9.93. The van der Waals surface area contributed by atoms with E-state index in [0.29, 0.717) is 18.4 Å².